The number of carbonyl (C=O) groups is 1. The molecule has 6 heteroatoms. The Morgan fingerprint density at radius 1 is 1.33 bits per heavy atom. The molecule has 1 aliphatic carbocycles. The van der Waals surface area contributed by atoms with E-state index in [1.54, 1.807) is 0 Å². The molecule has 0 spiro atoms. The van der Waals surface area contributed by atoms with Crippen molar-refractivity contribution in [2.75, 3.05) is 6.61 Å². The molecule has 0 radical (unpaired) electrons. The minimum absolute atomic E-state index is 0.0285. The maximum Gasteiger partial charge on any atom is 0.308 e. The van der Waals surface area contributed by atoms with Crippen molar-refractivity contribution in [2.45, 2.75) is 58.5 Å². The second kappa shape index (κ2) is 7.22. The zero-order chi connectivity index (χ0) is 15.4. The molecule has 1 aliphatic rings. The predicted molar refractivity (Wildman–Crippen MR) is 83.6 cm³/mol. The van der Waals surface area contributed by atoms with Crippen LogP contribution in [0.5, 0.6) is 0 Å². The summed E-state index contributed by atoms with van der Waals surface area (Å²) in [6, 6.07) is 0.0285. The van der Waals surface area contributed by atoms with E-state index in [2.05, 4.69) is 5.32 Å². The number of aliphatic hydroxyl groups is 1. The Bertz CT molecular complexity index is 550. The van der Waals surface area contributed by atoms with Crippen LogP contribution in [0, 0.1) is 19.8 Å². The van der Waals surface area contributed by atoms with Gasteiger partial charge in [-0.25, -0.2) is 0 Å². The number of hydrogen-bond acceptors (Lipinski definition) is 4. The molecule has 1 heterocycles. The van der Waals surface area contributed by atoms with Crippen LogP contribution in [0.2, 0.25) is 0 Å². The number of rotatable bonds is 4. The van der Waals surface area contributed by atoms with Crippen molar-refractivity contribution in [2.24, 2.45) is 5.92 Å². The Morgan fingerprint density at radius 3 is 2.67 bits per heavy atom. The molecule has 1 aromatic rings. The second-order valence-corrected chi connectivity index (χ2v) is 7.02. The van der Waals surface area contributed by atoms with E-state index in [4.69, 9.17) is 0 Å². The molecule has 0 aromatic carbocycles. The van der Waals surface area contributed by atoms with Crippen LogP contribution in [0.1, 0.15) is 42.7 Å². The van der Waals surface area contributed by atoms with E-state index in [9.17, 15) is 14.7 Å². The molecule has 1 aromatic heterocycles. The molecule has 2 N–H and O–H groups in total. The number of nitrogens with one attached hydrogen (secondary N) is 1. The monoisotopic (exact) mass is 312 g/mol. The van der Waals surface area contributed by atoms with Gasteiger partial charge in [-0.15, -0.1) is 0 Å². The Kier molecular flexibility index (Phi) is 5.58. The first-order valence-corrected chi connectivity index (χ1v) is 8.41. The number of aliphatic hydroxyl groups excluding tert-OH is 1. The lowest BCUT2D eigenvalue weighted by Gasteiger charge is -2.24. The molecule has 1 saturated carbocycles. The third-order valence-corrected chi connectivity index (χ3v) is 5.41. The second-order valence-electron chi connectivity index (χ2n) is 5.85. The summed E-state index contributed by atoms with van der Waals surface area (Å²) in [6.07, 6.45) is 5.22. The summed E-state index contributed by atoms with van der Waals surface area (Å²) in [5.41, 5.74) is 0.861. The molecule has 21 heavy (non-hydrogen) atoms. The lowest BCUT2D eigenvalue weighted by atomic mass is 9.95. The summed E-state index contributed by atoms with van der Waals surface area (Å²) >= 11 is 1.18. The van der Waals surface area contributed by atoms with Gasteiger partial charge in [0.25, 0.3) is 0 Å². The molecule has 0 bridgehead atoms. The lowest BCUT2D eigenvalue weighted by Crippen LogP contribution is -2.43. The molecule has 0 aliphatic heterocycles. The van der Waals surface area contributed by atoms with Gasteiger partial charge in [0.05, 0.1) is 0 Å². The predicted octanol–water partition coefficient (Wildman–Crippen LogP) is 1.58. The molecule has 2 unspecified atom stereocenters. The molecule has 2 atom stereocenters. The Balaban J connectivity index is 2.01. The quantitative estimate of drug-likeness (QED) is 0.829. The van der Waals surface area contributed by atoms with Crippen molar-refractivity contribution < 1.29 is 9.90 Å². The van der Waals surface area contributed by atoms with Gasteiger partial charge in [-0.1, -0.05) is 30.6 Å². The first-order valence-electron chi connectivity index (χ1n) is 7.60. The lowest BCUT2D eigenvalue weighted by molar-refractivity contribution is -0.123. The van der Waals surface area contributed by atoms with Gasteiger partial charge < -0.3 is 10.4 Å². The minimum Gasteiger partial charge on any atom is -0.396 e. The van der Waals surface area contributed by atoms with Crippen LogP contribution in [-0.4, -0.2) is 28.2 Å². The highest BCUT2D eigenvalue weighted by Crippen LogP contribution is 2.23. The van der Waals surface area contributed by atoms with Crippen LogP contribution < -0.4 is 10.2 Å². The van der Waals surface area contributed by atoms with E-state index >= 15 is 0 Å². The van der Waals surface area contributed by atoms with Gasteiger partial charge in [0.2, 0.25) is 5.91 Å². The summed E-state index contributed by atoms with van der Waals surface area (Å²) in [5, 5.41) is 12.5. The number of nitrogens with zero attached hydrogens (tertiary/aromatic N) is 1. The SMILES string of the molecule is Cc1sc(=O)n(CC(=O)NC2CCCCCC2CO)c1C. The first kappa shape index (κ1) is 16.2. The van der Waals surface area contributed by atoms with Gasteiger partial charge in [-0.05, 0) is 26.7 Å². The zero-order valence-electron chi connectivity index (χ0n) is 12.7. The fourth-order valence-corrected chi connectivity index (χ4v) is 3.79. The molecular weight excluding hydrogens is 288 g/mol. The summed E-state index contributed by atoms with van der Waals surface area (Å²) in [6.45, 7) is 3.94. The summed E-state index contributed by atoms with van der Waals surface area (Å²) < 4.78 is 1.53. The van der Waals surface area contributed by atoms with Crippen LogP contribution in [0.3, 0.4) is 0 Å². The van der Waals surface area contributed by atoms with Gasteiger partial charge in [0, 0.05) is 29.1 Å². The van der Waals surface area contributed by atoms with E-state index in [-0.39, 0.29) is 35.9 Å². The van der Waals surface area contributed by atoms with E-state index in [1.165, 1.54) is 15.9 Å². The molecule has 118 valence electrons. The third-order valence-electron chi connectivity index (χ3n) is 4.42. The molecule has 2 rings (SSSR count). The molecule has 0 saturated heterocycles. The summed E-state index contributed by atoms with van der Waals surface area (Å²) in [4.78, 5) is 24.9. The number of amides is 1. The molecular formula is C15H24N2O3S. The van der Waals surface area contributed by atoms with Gasteiger partial charge in [-0.3, -0.25) is 14.2 Å². The van der Waals surface area contributed by atoms with E-state index < -0.39 is 0 Å². The van der Waals surface area contributed by atoms with Gasteiger partial charge in [0.1, 0.15) is 6.54 Å². The first-order chi connectivity index (χ1) is 10.0. The van der Waals surface area contributed by atoms with Crippen molar-refractivity contribution in [3.05, 3.63) is 20.2 Å². The standard InChI is InChI=1S/C15H24N2O3S/c1-10-11(2)21-15(20)17(10)8-14(19)16-13-7-5-3-4-6-12(13)9-18/h12-13,18H,3-9H2,1-2H3,(H,16,19). The highest BCUT2D eigenvalue weighted by molar-refractivity contribution is 7.09. The summed E-state index contributed by atoms with van der Waals surface area (Å²) in [5.74, 6) is 0.00169. The highest BCUT2D eigenvalue weighted by Gasteiger charge is 2.25. The average Bonchev–Trinajstić information content (AvgIpc) is 2.63. The van der Waals surface area contributed by atoms with Crippen LogP contribution >= 0.6 is 11.3 Å². The van der Waals surface area contributed by atoms with Crippen molar-refractivity contribution in [1.82, 2.24) is 9.88 Å². The average molecular weight is 312 g/mol. The fraction of sp³-hybridized carbons (Fsp3) is 0.733. The van der Waals surface area contributed by atoms with E-state index in [0.29, 0.717) is 0 Å². The minimum atomic E-state index is -0.136. The number of thiazole rings is 1. The Labute approximate surface area is 129 Å². The number of aryl methyl sites for hydroxylation is 1. The maximum atomic E-state index is 12.2. The molecule has 1 amide bonds. The number of aromatic nitrogens is 1. The Hall–Kier alpha value is -1.14. The smallest absolute Gasteiger partial charge is 0.308 e. The van der Waals surface area contributed by atoms with Gasteiger partial charge in [-0.2, -0.15) is 0 Å². The normalized spacial score (nSPS) is 22.8. The van der Waals surface area contributed by atoms with Gasteiger partial charge >= 0.3 is 4.87 Å². The van der Waals surface area contributed by atoms with E-state index in [0.717, 1.165) is 42.7 Å². The van der Waals surface area contributed by atoms with Crippen molar-refractivity contribution in [3.63, 3.8) is 0 Å². The largest absolute Gasteiger partial charge is 0.396 e. The van der Waals surface area contributed by atoms with Gasteiger partial charge in [0.15, 0.2) is 0 Å². The van der Waals surface area contributed by atoms with E-state index in [1.807, 2.05) is 13.8 Å². The third kappa shape index (κ3) is 3.95. The summed E-state index contributed by atoms with van der Waals surface area (Å²) in [7, 11) is 0. The van der Waals surface area contributed by atoms with Crippen LogP contribution in [0.4, 0.5) is 0 Å². The Morgan fingerprint density at radius 2 is 2.05 bits per heavy atom. The maximum absolute atomic E-state index is 12.2. The molecule has 5 nitrogen and oxygen atoms in total. The highest BCUT2D eigenvalue weighted by atomic mass is 32.1. The van der Waals surface area contributed by atoms with Crippen LogP contribution in [0.25, 0.3) is 0 Å². The van der Waals surface area contributed by atoms with Crippen molar-refractivity contribution in [3.8, 4) is 0 Å². The van der Waals surface area contributed by atoms with Crippen LogP contribution in [-0.2, 0) is 11.3 Å². The van der Waals surface area contributed by atoms with Crippen molar-refractivity contribution in [1.29, 1.82) is 0 Å². The topological polar surface area (TPSA) is 71.3 Å². The number of hydrogen-bond donors (Lipinski definition) is 2. The van der Waals surface area contributed by atoms with Crippen molar-refractivity contribution >= 4 is 17.2 Å². The molecule has 1 fully saturated rings. The van der Waals surface area contributed by atoms with Crippen LogP contribution in [0.15, 0.2) is 4.79 Å². The number of carbonyl (C=O) groups excluding carboxylic acids is 1. The zero-order valence-corrected chi connectivity index (χ0v) is 13.5. The fourth-order valence-electron chi connectivity index (χ4n) is 2.96.